The molecule has 3 aromatic rings. The normalized spacial score (nSPS) is 18.8. The number of hydrogen-bond acceptors (Lipinski definition) is 8. The molecule has 4 heterocycles. The van der Waals surface area contributed by atoms with Crippen molar-refractivity contribution in [3.63, 3.8) is 0 Å². The van der Waals surface area contributed by atoms with E-state index in [-0.39, 0.29) is 30.5 Å². The van der Waals surface area contributed by atoms with Crippen LogP contribution in [0.4, 0.5) is 10.2 Å². The SMILES string of the molecule is CC(C)(O)Cn1cc(-c2cc(-c3cnc(N)c(C(=O)NC4CNC[C@@H](F)C4)n3)ccn2)cn1. The van der Waals surface area contributed by atoms with Crippen LogP contribution in [0, 0.1) is 0 Å². The molecule has 33 heavy (non-hydrogen) atoms. The number of pyridine rings is 1. The van der Waals surface area contributed by atoms with Crippen molar-refractivity contribution in [2.45, 2.75) is 44.6 Å². The second kappa shape index (κ2) is 9.20. The summed E-state index contributed by atoms with van der Waals surface area (Å²) in [5.74, 6) is -0.496. The predicted molar refractivity (Wildman–Crippen MR) is 121 cm³/mol. The number of aliphatic hydroxyl groups is 1. The summed E-state index contributed by atoms with van der Waals surface area (Å²) in [6.07, 6.45) is 5.81. The molecular formula is C22H27FN8O2. The van der Waals surface area contributed by atoms with Crippen LogP contribution < -0.4 is 16.4 Å². The molecule has 1 saturated heterocycles. The van der Waals surface area contributed by atoms with Crippen LogP contribution in [0.15, 0.2) is 36.9 Å². The van der Waals surface area contributed by atoms with Crippen LogP contribution in [-0.2, 0) is 6.54 Å². The molecule has 0 spiro atoms. The second-order valence-corrected chi connectivity index (χ2v) is 8.82. The second-order valence-electron chi connectivity index (χ2n) is 8.82. The van der Waals surface area contributed by atoms with Gasteiger partial charge in [0.05, 0.1) is 35.9 Å². The summed E-state index contributed by atoms with van der Waals surface area (Å²) in [5.41, 5.74) is 7.57. The first-order valence-corrected chi connectivity index (χ1v) is 10.7. The Bertz CT molecular complexity index is 1140. The number of nitrogens with zero attached hydrogens (tertiary/aromatic N) is 5. The fourth-order valence-electron chi connectivity index (χ4n) is 3.68. The average Bonchev–Trinajstić information content (AvgIpc) is 3.21. The van der Waals surface area contributed by atoms with Gasteiger partial charge in [0, 0.05) is 49.1 Å². The van der Waals surface area contributed by atoms with Crippen molar-refractivity contribution < 1.29 is 14.3 Å². The smallest absolute Gasteiger partial charge is 0.274 e. The van der Waals surface area contributed by atoms with Crippen LogP contribution in [0.1, 0.15) is 30.8 Å². The number of amides is 1. The highest BCUT2D eigenvalue weighted by Gasteiger charge is 2.25. The summed E-state index contributed by atoms with van der Waals surface area (Å²) < 4.78 is 15.3. The Morgan fingerprint density at radius 3 is 2.88 bits per heavy atom. The highest BCUT2D eigenvalue weighted by atomic mass is 19.1. The summed E-state index contributed by atoms with van der Waals surface area (Å²) in [4.78, 5) is 25.7. The fraction of sp³-hybridized carbons (Fsp3) is 0.409. The maximum absolute atomic E-state index is 13.6. The molecule has 10 nitrogen and oxygen atoms in total. The van der Waals surface area contributed by atoms with E-state index in [1.807, 2.05) is 6.07 Å². The Morgan fingerprint density at radius 2 is 2.12 bits per heavy atom. The van der Waals surface area contributed by atoms with E-state index in [2.05, 4.69) is 30.7 Å². The van der Waals surface area contributed by atoms with E-state index >= 15 is 0 Å². The van der Waals surface area contributed by atoms with Gasteiger partial charge in [-0.15, -0.1) is 0 Å². The molecular weight excluding hydrogens is 427 g/mol. The number of anilines is 1. The summed E-state index contributed by atoms with van der Waals surface area (Å²) in [6, 6.07) is 3.22. The Labute approximate surface area is 190 Å². The minimum absolute atomic E-state index is 0.000934. The standard InChI is InChI=1S/C22H27FN8O2/c1-22(2,33)12-31-11-14(7-28-31)17-5-13(3-4-26-17)18-10-27-20(24)19(30-18)21(32)29-16-6-15(23)8-25-9-16/h3-5,7,10-11,15-16,25,33H,6,8-9,12H2,1-2H3,(H2,24,27)(H,29,32)/t15-,16?/m0/s1. The number of halogens is 1. The zero-order valence-corrected chi connectivity index (χ0v) is 18.5. The number of nitrogens with one attached hydrogen (secondary N) is 2. The van der Waals surface area contributed by atoms with Crippen molar-refractivity contribution in [2.75, 3.05) is 18.8 Å². The maximum atomic E-state index is 13.6. The number of hydrogen-bond donors (Lipinski definition) is 4. The maximum Gasteiger partial charge on any atom is 0.274 e. The molecule has 174 valence electrons. The molecule has 5 N–H and O–H groups in total. The number of nitrogens with two attached hydrogens (primary N) is 1. The predicted octanol–water partition coefficient (Wildman–Crippen LogP) is 1.18. The molecule has 1 aliphatic rings. The van der Waals surface area contributed by atoms with Crippen LogP contribution in [0.2, 0.25) is 0 Å². The zero-order valence-electron chi connectivity index (χ0n) is 18.5. The van der Waals surface area contributed by atoms with Crippen LogP contribution in [0.25, 0.3) is 22.5 Å². The zero-order chi connectivity index (χ0) is 23.6. The van der Waals surface area contributed by atoms with Gasteiger partial charge in [-0.05, 0) is 26.0 Å². The molecule has 0 bridgehead atoms. The van der Waals surface area contributed by atoms with E-state index in [9.17, 15) is 14.3 Å². The van der Waals surface area contributed by atoms with E-state index in [4.69, 9.17) is 5.73 Å². The van der Waals surface area contributed by atoms with Crippen molar-refractivity contribution in [1.29, 1.82) is 0 Å². The van der Waals surface area contributed by atoms with Gasteiger partial charge in [-0.25, -0.2) is 14.4 Å². The summed E-state index contributed by atoms with van der Waals surface area (Å²) in [5, 5.41) is 20.0. The van der Waals surface area contributed by atoms with Gasteiger partial charge in [-0.1, -0.05) is 0 Å². The molecule has 3 aromatic heterocycles. The molecule has 1 fully saturated rings. The lowest BCUT2D eigenvalue weighted by atomic mass is 10.1. The number of nitrogen functional groups attached to an aromatic ring is 1. The number of rotatable bonds is 6. The van der Waals surface area contributed by atoms with Crippen molar-refractivity contribution in [3.8, 4) is 22.5 Å². The summed E-state index contributed by atoms with van der Waals surface area (Å²) >= 11 is 0. The first kappa shape index (κ1) is 22.7. The van der Waals surface area contributed by atoms with Gasteiger partial charge in [-0.2, -0.15) is 5.10 Å². The third kappa shape index (κ3) is 5.68. The number of carbonyl (C=O) groups excluding carboxylic acids is 1. The first-order chi connectivity index (χ1) is 15.7. The van der Waals surface area contributed by atoms with Crippen LogP contribution in [0.5, 0.6) is 0 Å². The van der Waals surface area contributed by atoms with Crippen LogP contribution in [0.3, 0.4) is 0 Å². The molecule has 1 aliphatic heterocycles. The van der Waals surface area contributed by atoms with Crippen molar-refractivity contribution in [1.82, 2.24) is 35.4 Å². The van der Waals surface area contributed by atoms with Crippen LogP contribution in [-0.4, -0.2) is 66.7 Å². The van der Waals surface area contributed by atoms with Crippen molar-refractivity contribution >= 4 is 11.7 Å². The molecule has 1 amide bonds. The molecule has 11 heteroatoms. The quantitative estimate of drug-likeness (QED) is 0.435. The molecule has 4 rings (SSSR count). The van der Waals surface area contributed by atoms with E-state index in [0.717, 1.165) is 5.56 Å². The minimum atomic E-state index is -1.01. The van der Waals surface area contributed by atoms with Gasteiger partial charge >= 0.3 is 0 Å². The number of alkyl halides is 1. The molecule has 0 saturated carbocycles. The van der Waals surface area contributed by atoms with Crippen LogP contribution >= 0.6 is 0 Å². The fourth-order valence-corrected chi connectivity index (χ4v) is 3.68. The third-order valence-electron chi connectivity index (χ3n) is 5.18. The van der Waals surface area contributed by atoms with E-state index in [1.54, 1.807) is 43.2 Å². The highest BCUT2D eigenvalue weighted by molar-refractivity contribution is 5.97. The van der Waals surface area contributed by atoms with E-state index in [1.165, 1.54) is 6.20 Å². The van der Waals surface area contributed by atoms with Crippen molar-refractivity contribution in [3.05, 3.63) is 42.6 Å². The molecule has 2 atom stereocenters. The topological polar surface area (TPSA) is 144 Å². The summed E-state index contributed by atoms with van der Waals surface area (Å²) in [7, 11) is 0. The molecule has 0 radical (unpaired) electrons. The van der Waals surface area contributed by atoms with Gasteiger partial charge in [-0.3, -0.25) is 14.5 Å². The Hall–Kier alpha value is -3.44. The van der Waals surface area contributed by atoms with Crippen molar-refractivity contribution in [2.24, 2.45) is 0 Å². The lowest BCUT2D eigenvalue weighted by molar-refractivity contribution is 0.0577. The minimum Gasteiger partial charge on any atom is -0.389 e. The van der Waals surface area contributed by atoms with Gasteiger partial charge in [0.15, 0.2) is 11.5 Å². The van der Waals surface area contributed by atoms with E-state index in [0.29, 0.717) is 30.0 Å². The lowest BCUT2D eigenvalue weighted by Gasteiger charge is -2.26. The Morgan fingerprint density at radius 1 is 1.30 bits per heavy atom. The Kier molecular flexibility index (Phi) is 6.34. The molecule has 0 aromatic carbocycles. The number of carbonyl (C=O) groups is 1. The number of aromatic nitrogens is 5. The monoisotopic (exact) mass is 454 g/mol. The highest BCUT2D eigenvalue weighted by Crippen LogP contribution is 2.24. The number of piperidine rings is 1. The largest absolute Gasteiger partial charge is 0.389 e. The third-order valence-corrected chi connectivity index (χ3v) is 5.18. The van der Waals surface area contributed by atoms with E-state index < -0.39 is 17.7 Å². The van der Waals surface area contributed by atoms with Gasteiger partial charge in [0.1, 0.15) is 6.17 Å². The average molecular weight is 455 g/mol. The summed E-state index contributed by atoms with van der Waals surface area (Å²) in [6.45, 7) is 4.52. The lowest BCUT2D eigenvalue weighted by Crippen LogP contribution is -2.49. The first-order valence-electron chi connectivity index (χ1n) is 10.7. The van der Waals surface area contributed by atoms with Gasteiger partial charge in [0.2, 0.25) is 0 Å². The van der Waals surface area contributed by atoms with Gasteiger partial charge < -0.3 is 21.5 Å². The Balaban J connectivity index is 1.56. The molecule has 0 aliphatic carbocycles. The van der Waals surface area contributed by atoms with Gasteiger partial charge in [0.25, 0.3) is 5.91 Å². The molecule has 1 unspecified atom stereocenters.